The van der Waals surface area contributed by atoms with E-state index in [-0.39, 0.29) is 12.7 Å². The number of benzene rings is 2. The predicted octanol–water partition coefficient (Wildman–Crippen LogP) is 0.0368. The Bertz CT molecular complexity index is 1350. The van der Waals surface area contributed by atoms with Crippen LogP contribution in [0.15, 0.2) is 42.5 Å². The van der Waals surface area contributed by atoms with Crippen molar-refractivity contribution in [3.8, 4) is 11.5 Å². The van der Waals surface area contributed by atoms with Gasteiger partial charge >= 0.3 is 23.9 Å². The van der Waals surface area contributed by atoms with Crippen LogP contribution in [0.3, 0.4) is 0 Å². The van der Waals surface area contributed by atoms with Gasteiger partial charge < -0.3 is 40.2 Å². The zero-order valence-corrected chi connectivity index (χ0v) is 22.2. The Balaban J connectivity index is 0.000000342. The van der Waals surface area contributed by atoms with E-state index in [2.05, 4.69) is 25.1 Å². The van der Waals surface area contributed by atoms with Crippen LogP contribution in [0.2, 0.25) is 0 Å². The fourth-order valence-electron chi connectivity index (χ4n) is 3.91. The molecule has 0 radical (unpaired) electrons. The van der Waals surface area contributed by atoms with Gasteiger partial charge in [-0.25, -0.2) is 24.2 Å². The van der Waals surface area contributed by atoms with Crippen molar-refractivity contribution in [1.29, 1.82) is 0 Å². The van der Waals surface area contributed by atoms with Crippen molar-refractivity contribution >= 4 is 40.8 Å². The number of rotatable bonds is 6. The van der Waals surface area contributed by atoms with Crippen LogP contribution in [0.25, 0.3) is 11.0 Å². The average Bonchev–Trinajstić information content (AvgIpc) is 3.59. The number of fused-ring (bicyclic) bond motifs is 2. The number of H-pyrrole nitrogens is 1. The van der Waals surface area contributed by atoms with Crippen molar-refractivity contribution in [3.05, 3.63) is 53.9 Å². The fraction of sp³-hybridized carbons (Fsp3) is 0.308. The average molecular weight is 588 g/mol. The molecule has 0 bridgehead atoms. The molecule has 16 nitrogen and oxygen atoms in total. The number of hydrogen-bond donors (Lipinski definition) is 6. The van der Waals surface area contributed by atoms with Gasteiger partial charge in [0, 0.05) is 32.7 Å². The summed E-state index contributed by atoms with van der Waals surface area (Å²) in [4.78, 5) is 61.4. The van der Waals surface area contributed by atoms with Crippen LogP contribution in [0.5, 0.6) is 11.5 Å². The maximum Gasteiger partial charge on any atom is 0.414 e. The van der Waals surface area contributed by atoms with E-state index in [4.69, 9.17) is 49.1 Å². The molecule has 0 atom stereocenters. The Kier molecular flexibility index (Phi) is 11.2. The third kappa shape index (κ3) is 9.76. The summed E-state index contributed by atoms with van der Waals surface area (Å²) in [6, 6.07) is 13.8. The Morgan fingerprint density at radius 1 is 0.810 bits per heavy atom. The molecule has 1 fully saturated rings. The highest BCUT2D eigenvalue weighted by atomic mass is 16.7. The summed E-state index contributed by atoms with van der Waals surface area (Å²) >= 11 is 0. The molecule has 3 aromatic rings. The first-order chi connectivity index (χ1) is 20.0. The first-order valence-electron chi connectivity index (χ1n) is 12.5. The summed E-state index contributed by atoms with van der Waals surface area (Å²) in [7, 11) is 0. The highest BCUT2D eigenvalue weighted by Crippen LogP contribution is 2.32. The monoisotopic (exact) mass is 587 g/mol. The topological polar surface area (TPSA) is 232 Å². The molecule has 5 rings (SSSR count). The Hall–Kier alpha value is -5.22. The number of carboxylic acids is 4. The molecule has 0 aliphatic carbocycles. The van der Waals surface area contributed by atoms with Gasteiger partial charge in [0.2, 0.25) is 12.7 Å². The van der Waals surface area contributed by atoms with E-state index < -0.39 is 23.9 Å². The van der Waals surface area contributed by atoms with Gasteiger partial charge in [0.05, 0.1) is 24.1 Å². The van der Waals surface area contributed by atoms with Crippen LogP contribution in [0.4, 0.5) is 0 Å². The number of ether oxygens (including phenoxy) is 2. The molecule has 1 saturated heterocycles. The minimum absolute atomic E-state index is 0.0402. The Morgan fingerprint density at radius 2 is 1.40 bits per heavy atom. The maximum atomic E-state index is 12.4. The number of aromatic amines is 1. The summed E-state index contributed by atoms with van der Waals surface area (Å²) in [6.07, 6.45) is 0. The number of aromatic nitrogens is 2. The molecule has 0 saturated carbocycles. The van der Waals surface area contributed by atoms with E-state index in [0.717, 1.165) is 66.6 Å². The number of aliphatic carboxylic acids is 4. The van der Waals surface area contributed by atoms with E-state index in [1.165, 1.54) is 0 Å². The largest absolute Gasteiger partial charge is 0.473 e. The molecule has 2 aromatic carbocycles. The lowest BCUT2D eigenvalue weighted by Crippen LogP contribution is -2.49. The number of nitrogens with one attached hydrogen (secondary N) is 2. The van der Waals surface area contributed by atoms with Crippen LogP contribution >= 0.6 is 0 Å². The zero-order valence-electron chi connectivity index (χ0n) is 22.2. The SMILES string of the molecule is O=C(CN1CCN(Cc2nc3ccccc3[nH]2)CC1)NCc1ccc2c(c1)OCO2.O=C(O)C(=O)O.O=C(O)C(=O)O. The van der Waals surface area contributed by atoms with E-state index >= 15 is 0 Å². The highest BCUT2D eigenvalue weighted by Gasteiger charge is 2.20. The van der Waals surface area contributed by atoms with Crippen LogP contribution in [-0.4, -0.2) is 109 Å². The highest BCUT2D eigenvalue weighted by molar-refractivity contribution is 6.27. The lowest BCUT2D eigenvalue weighted by atomic mass is 10.2. The van der Waals surface area contributed by atoms with E-state index in [9.17, 15) is 4.79 Å². The minimum Gasteiger partial charge on any atom is -0.473 e. The molecule has 1 aromatic heterocycles. The first kappa shape index (κ1) is 31.3. The van der Waals surface area contributed by atoms with Gasteiger partial charge in [0.15, 0.2) is 11.5 Å². The quantitative estimate of drug-likeness (QED) is 0.209. The molecule has 3 heterocycles. The fourth-order valence-corrected chi connectivity index (χ4v) is 3.91. The Labute approximate surface area is 238 Å². The number of hydrogen-bond acceptors (Lipinski definition) is 10. The molecule has 1 amide bonds. The van der Waals surface area contributed by atoms with Crippen LogP contribution < -0.4 is 14.8 Å². The van der Waals surface area contributed by atoms with Crippen molar-refractivity contribution in [2.75, 3.05) is 39.5 Å². The second kappa shape index (κ2) is 15.0. The minimum atomic E-state index is -1.82. The van der Waals surface area contributed by atoms with Crippen molar-refractivity contribution in [3.63, 3.8) is 0 Å². The normalized spacial score (nSPS) is 14.1. The standard InChI is InChI=1S/C22H25N5O3.2C2H2O4/c28-22(23-12-16-5-6-19-20(11-16)30-15-29-19)14-27-9-7-26(8-10-27)13-21-24-17-3-1-2-4-18(17)25-21;2*3-1(4)2(5)6/h1-6,11H,7-10,12-15H2,(H,23,28)(H,24,25);2*(H,3,4)(H,5,6). The van der Waals surface area contributed by atoms with Crippen molar-refractivity contribution in [2.45, 2.75) is 13.1 Å². The van der Waals surface area contributed by atoms with Gasteiger partial charge in [-0.3, -0.25) is 14.6 Å². The smallest absolute Gasteiger partial charge is 0.414 e. The molecule has 0 spiro atoms. The van der Waals surface area contributed by atoms with E-state index in [1.54, 1.807) is 0 Å². The van der Waals surface area contributed by atoms with Crippen LogP contribution in [0, 0.1) is 0 Å². The molecular formula is C26H29N5O11. The van der Waals surface area contributed by atoms with Crippen LogP contribution in [0.1, 0.15) is 11.4 Å². The molecular weight excluding hydrogens is 558 g/mol. The molecule has 6 N–H and O–H groups in total. The van der Waals surface area contributed by atoms with Crippen molar-refractivity contribution in [2.24, 2.45) is 0 Å². The molecule has 2 aliphatic heterocycles. The molecule has 224 valence electrons. The van der Waals surface area contributed by atoms with Gasteiger partial charge in [-0.15, -0.1) is 0 Å². The maximum absolute atomic E-state index is 12.4. The summed E-state index contributed by atoms with van der Waals surface area (Å²) in [5.74, 6) is -4.77. The molecule has 2 aliphatic rings. The van der Waals surface area contributed by atoms with Gasteiger partial charge in [-0.2, -0.15) is 0 Å². The zero-order chi connectivity index (χ0) is 30.6. The van der Waals surface area contributed by atoms with Gasteiger partial charge in [-0.05, 0) is 29.8 Å². The second-order valence-electron chi connectivity index (χ2n) is 8.94. The number of carboxylic acid groups (broad SMARTS) is 4. The second-order valence-corrected chi connectivity index (χ2v) is 8.94. The number of piperazine rings is 1. The van der Waals surface area contributed by atoms with Gasteiger partial charge in [0.1, 0.15) is 5.82 Å². The summed E-state index contributed by atoms with van der Waals surface area (Å²) in [6.45, 7) is 5.56. The predicted molar refractivity (Wildman–Crippen MR) is 143 cm³/mol. The van der Waals surface area contributed by atoms with Crippen molar-refractivity contribution < 1.29 is 53.9 Å². The Morgan fingerprint density at radius 3 is 2.02 bits per heavy atom. The van der Waals surface area contributed by atoms with Crippen molar-refractivity contribution in [1.82, 2.24) is 25.1 Å². The number of nitrogens with zero attached hydrogens (tertiary/aromatic N) is 3. The van der Waals surface area contributed by atoms with E-state index in [0.29, 0.717) is 13.1 Å². The summed E-state index contributed by atoms with van der Waals surface area (Å²) in [5.41, 5.74) is 3.08. The first-order valence-corrected chi connectivity index (χ1v) is 12.5. The van der Waals surface area contributed by atoms with E-state index in [1.807, 2.05) is 42.5 Å². The number of para-hydroxylation sites is 2. The number of carbonyl (C=O) groups is 5. The molecule has 16 heteroatoms. The third-order valence-electron chi connectivity index (χ3n) is 5.94. The number of carbonyl (C=O) groups excluding carboxylic acids is 1. The lowest BCUT2D eigenvalue weighted by molar-refractivity contribution is -0.159. The number of imidazole rings is 1. The van der Waals surface area contributed by atoms with Crippen LogP contribution in [-0.2, 0) is 37.1 Å². The van der Waals surface area contributed by atoms with Gasteiger partial charge in [0.25, 0.3) is 0 Å². The third-order valence-corrected chi connectivity index (χ3v) is 5.94. The number of amides is 1. The summed E-state index contributed by atoms with van der Waals surface area (Å²) < 4.78 is 10.7. The van der Waals surface area contributed by atoms with Gasteiger partial charge in [-0.1, -0.05) is 18.2 Å². The lowest BCUT2D eigenvalue weighted by Gasteiger charge is -2.33. The molecule has 42 heavy (non-hydrogen) atoms. The molecule has 0 unspecified atom stereocenters. The summed E-state index contributed by atoms with van der Waals surface area (Å²) in [5, 5.41) is 32.6.